The number of aryl methyl sites for hydroxylation is 1. The molecule has 0 aliphatic rings. The Hall–Kier alpha value is -1.23. The Morgan fingerprint density at radius 1 is 1.38 bits per heavy atom. The van der Waals surface area contributed by atoms with Crippen molar-refractivity contribution in [1.29, 1.82) is 0 Å². The zero-order valence-electron chi connectivity index (χ0n) is 9.47. The van der Waals surface area contributed by atoms with E-state index in [9.17, 15) is 15.0 Å². The maximum atomic E-state index is 10.7. The highest BCUT2D eigenvalue weighted by atomic mass is 16.3. The molecule has 88 valence electrons. The fraction of sp³-hybridized carbons (Fsp3) is 0.417. The number of aliphatic hydroxyl groups excluding tert-OH is 2. The second-order valence-corrected chi connectivity index (χ2v) is 3.86. The molecule has 0 spiro atoms. The molecule has 0 saturated carbocycles. The number of carbonyl (C=O) groups is 1. The largest absolute Gasteiger partial charge is 0.389 e. The Morgan fingerprint density at radius 2 is 2.06 bits per heavy atom. The van der Waals surface area contributed by atoms with Gasteiger partial charge in [-0.3, -0.25) is 4.79 Å². The Balaban J connectivity index is 2.93. The lowest BCUT2D eigenvalue weighted by Crippen LogP contribution is -2.29. The van der Waals surface area contributed by atoms with Gasteiger partial charge in [-0.15, -0.1) is 0 Å². The number of nitrogens with one attached hydrogen (secondary N) is 1. The van der Waals surface area contributed by atoms with Crippen molar-refractivity contribution in [3.63, 3.8) is 0 Å². The van der Waals surface area contributed by atoms with Gasteiger partial charge in [-0.2, -0.15) is 0 Å². The molecular weight excluding hydrogens is 206 g/mol. The molecule has 2 unspecified atom stereocenters. The van der Waals surface area contributed by atoms with Crippen molar-refractivity contribution in [2.24, 2.45) is 0 Å². The highest BCUT2D eigenvalue weighted by Crippen LogP contribution is 2.19. The van der Waals surface area contributed by atoms with Crippen LogP contribution in [0.2, 0.25) is 0 Å². The van der Waals surface area contributed by atoms with Crippen LogP contribution in [0.3, 0.4) is 0 Å². The summed E-state index contributed by atoms with van der Waals surface area (Å²) in [5.74, 6) is 0. The number of hydrogen-bond donors (Lipinski definition) is 3. The number of likely N-dealkylation sites (N-methyl/N-ethyl adjacent to an activating group) is 1. The highest BCUT2D eigenvalue weighted by molar-refractivity contribution is 5.75. The standard InChI is InChI=1S/C12H17NO3/c1-8-3-9(7-14)5-10(4-8)12(16)11(15)6-13-2/h3-5,7,11-13,15-16H,6H2,1-2H3. The predicted octanol–water partition coefficient (Wildman–Crippen LogP) is 0.421. The molecule has 0 aromatic heterocycles. The lowest BCUT2D eigenvalue weighted by molar-refractivity contribution is 0.0202. The van der Waals surface area contributed by atoms with Crippen molar-refractivity contribution < 1.29 is 15.0 Å². The van der Waals surface area contributed by atoms with Crippen LogP contribution in [0.15, 0.2) is 18.2 Å². The maximum absolute atomic E-state index is 10.7. The molecule has 0 aliphatic heterocycles. The third kappa shape index (κ3) is 3.13. The lowest BCUT2D eigenvalue weighted by Gasteiger charge is -2.18. The van der Waals surface area contributed by atoms with E-state index in [1.54, 1.807) is 25.2 Å². The summed E-state index contributed by atoms with van der Waals surface area (Å²) in [7, 11) is 1.70. The quantitative estimate of drug-likeness (QED) is 0.633. The van der Waals surface area contributed by atoms with Crippen LogP contribution in [-0.2, 0) is 0 Å². The minimum Gasteiger partial charge on any atom is -0.389 e. The van der Waals surface area contributed by atoms with Crippen molar-refractivity contribution in [1.82, 2.24) is 5.32 Å². The minimum atomic E-state index is -0.981. The monoisotopic (exact) mass is 223 g/mol. The van der Waals surface area contributed by atoms with Crippen LogP contribution >= 0.6 is 0 Å². The van der Waals surface area contributed by atoms with E-state index in [-0.39, 0.29) is 0 Å². The average Bonchev–Trinajstić information content (AvgIpc) is 2.27. The SMILES string of the molecule is CNCC(O)C(O)c1cc(C)cc(C=O)c1. The number of hydrogen-bond acceptors (Lipinski definition) is 4. The second kappa shape index (κ2) is 5.75. The number of aliphatic hydroxyl groups is 2. The zero-order valence-corrected chi connectivity index (χ0v) is 9.47. The predicted molar refractivity (Wildman–Crippen MR) is 61.5 cm³/mol. The van der Waals surface area contributed by atoms with E-state index in [1.165, 1.54) is 0 Å². The summed E-state index contributed by atoms with van der Waals surface area (Å²) in [6.07, 6.45) is -1.13. The van der Waals surface area contributed by atoms with Gasteiger partial charge in [0.25, 0.3) is 0 Å². The molecular formula is C12H17NO3. The molecule has 1 aromatic carbocycles. The van der Waals surface area contributed by atoms with Gasteiger partial charge in [0.15, 0.2) is 0 Å². The third-order valence-electron chi connectivity index (χ3n) is 2.38. The second-order valence-electron chi connectivity index (χ2n) is 3.86. The first kappa shape index (κ1) is 12.8. The highest BCUT2D eigenvalue weighted by Gasteiger charge is 2.18. The van der Waals surface area contributed by atoms with E-state index in [1.807, 2.05) is 6.92 Å². The van der Waals surface area contributed by atoms with Gasteiger partial charge in [-0.1, -0.05) is 11.6 Å². The molecule has 16 heavy (non-hydrogen) atoms. The summed E-state index contributed by atoms with van der Waals surface area (Å²) in [6, 6.07) is 5.08. The van der Waals surface area contributed by atoms with Gasteiger partial charge in [0.2, 0.25) is 0 Å². The van der Waals surface area contributed by atoms with Gasteiger partial charge in [-0.05, 0) is 31.7 Å². The average molecular weight is 223 g/mol. The van der Waals surface area contributed by atoms with Gasteiger partial charge in [0, 0.05) is 12.1 Å². The number of rotatable bonds is 5. The van der Waals surface area contributed by atoms with Gasteiger partial charge in [0.1, 0.15) is 12.4 Å². The number of benzene rings is 1. The van der Waals surface area contributed by atoms with Crippen LogP contribution in [0, 0.1) is 6.92 Å². The molecule has 0 saturated heterocycles. The molecule has 0 heterocycles. The van der Waals surface area contributed by atoms with Crippen LogP contribution in [0.4, 0.5) is 0 Å². The van der Waals surface area contributed by atoms with Gasteiger partial charge in [-0.25, -0.2) is 0 Å². The zero-order chi connectivity index (χ0) is 12.1. The minimum absolute atomic E-state index is 0.297. The van der Waals surface area contributed by atoms with Crippen LogP contribution in [0.1, 0.15) is 27.6 Å². The summed E-state index contributed by atoms with van der Waals surface area (Å²) < 4.78 is 0. The normalized spacial score (nSPS) is 14.5. The molecule has 4 heteroatoms. The first-order chi connectivity index (χ1) is 7.58. The molecule has 3 N–H and O–H groups in total. The fourth-order valence-electron chi connectivity index (χ4n) is 1.62. The van der Waals surface area contributed by atoms with Crippen molar-refractivity contribution in [3.05, 3.63) is 34.9 Å². The number of aldehydes is 1. The topological polar surface area (TPSA) is 69.6 Å². The molecule has 0 bridgehead atoms. The maximum Gasteiger partial charge on any atom is 0.150 e. The van der Waals surface area contributed by atoms with E-state index < -0.39 is 12.2 Å². The van der Waals surface area contributed by atoms with Crippen LogP contribution in [0.25, 0.3) is 0 Å². The summed E-state index contributed by atoms with van der Waals surface area (Å²) in [5, 5.41) is 22.3. The molecule has 1 aromatic rings. The lowest BCUT2D eigenvalue weighted by atomic mass is 9.99. The van der Waals surface area contributed by atoms with Gasteiger partial charge < -0.3 is 15.5 Å². The first-order valence-corrected chi connectivity index (χ1v) is 5.16. The molecule has 0 radical (unpaired) electrons. The van der Waals surface area contributed by atoms with Crippen LogP contribution < -0.4 is 5.32 Å². The van der Waals surface area contributed by atoms with Crippen molar-refractivity contribution >= 4 is 6.29 Å². The first-order valence-electron chi connectivity index (χ1n) is 5.16. The van der Waals surface area contributed by atoms with Gasteiger partial charge >= 0.3 is 0 Å². The summed E-state index contributed by atoms with van der Waals surface area (Å²) >= 11 is 0. The van der Waals surface area contributed by atoms with Crippen molar-refractivity contribution in [2.45, 2.75) is 19.1 Å². The third-order valence-corrected chi connectivity index (χ3v) is 2.38. The van der Waals surface area contributed by atoms with E-state index >= 15 is 0 Å². The molecule has 1 rings (SSSR count). The summed E-state index contributed by atoms with van der Waals surface area (Å²) in [4.78, 5) is 10.7. The smallest absolute Gasteiger partial charge is 0.150 e. The van der Waals surface area contributed by atoms with Crippen LogP contribution in [-0.4, -0.2) is 36.2 Å². The van der Waals surface area contributed by atoms with E-state index in [2.05, 4.69) is 5.32 Å². The molecule has 0 aliphatic carbocycles. The molecule has 4 nitrogen and oxygen atoms in total. The van der Waals surface area contributed by atoms with Crippen molar-refractivity contribution in [2.75, 3.05) is 13.6 Å². The Morgan fingerprint density at radius 3 is 2.62 bits per heavy atom. The Kier molecular flexibility index (Phi) is 4.61. The summed E-state index contributed by atoms with van der Waals surface area (Å²) in [6.45, 7) is 2.14. The molecule has 0 amide bonds. The van der Waals surface area contributed by atoms with E-state index in [4.69, 9.17) is 0 Å². The fourth-order valence-corrected chi connectivity index (χ4v) is 1.62. The Bertz CT molecular complexity index is 365. The van der Waals surface area contributed by atoms with Crippen LogP contribution in [0.5, 0.6) is 0 Å². The Labute approximate surface area is 94.9 Å². The molecule has 2 atom stereocenters. The van der Waals surface area contributed by atoms with E-state index in [0.29, 0.717) is 17.7 Å². The number of carbonyl (C=O) groups excluding carboxylic acids is 1. The van der Waals surface area contributed by atoms with Gasteiger partial charge in [0.05, 0.1) is 6.10 Å². The van der Waals surface area contributed by atoms with E-state index in [0.717, 1.165) is 11.8 Å². The molecule has 0 fully saturated rings. The van der Waals surface area contributed by atoms with Crippen molar-refractivity contribution in [3.8, 4) is 0 Å². The summed E-state index contributed by atoms with van der Waals surface area (Å²) in [5.41, 5.74) is 1.95.